The minimum absolute atomic E-state index is 0.121. The number of hydrogen-bond donors (Lipinski definition) is 2. The molecule has 0 bridgehead atoms. The summed E-state index contributed by atoms with van der Waals surface area (Å²) in [4.78, 5) is 26.6. The molecule has 2 aliphatic heterocycles. The molecule has 0 aromatic rings. The molecule has 19 heavy (non-hydrogen) atoms. The standard InChI is InChI=1S/C13H22N2O4/c1-8-3-4-14(6-9(8)2)13(19)15-7-10(16)5-11(15)12(17)18/h8-11,16H,3-7H2,1-2H3,(H,17,18)/t8?,9?,10-,11+/m1/s1. The third-order valence-electron chi connectivity index (χ3n) is 4.41. The van der Waals surface area contributed by atoms with E-state index in [1.54, 1.807) is 4.90 Å². The van der Waals surface area contributed by atoms with Crippen molar-refractivity contribution in [3.8, 4) is 0 Å². The summed E-state index contributed by atoms with van der Waals surface area (Å²) in [6.07, 6.45) is 0.341. The maximum atomic E-state index is 12.4. The van der Waals surface area contributed by atoms with Gasteiger partial charge in [0.05, 0.1) is 6.10 Å². The lowest BCUT2D eigenvalue weighted by Crippen LogP contribution is -2.51. The fourth-order valence-electron chi connectivity index (χ4n) is 2.88. The predicted octanol–water partition coefficient (Wildman–Crippen LogP) is 0.604. The van der Waals surface area contributed by atoms with Crippen molar-refractivity contribution < 1.29 is 19.8 Å². The number of urea groups is 1. The number of carboxylic acids is 1. The number of β-amino-alcohol motifs (C(OH)–C–C–N with tert-alkyl or cyclic N) is 1. The second kappa shape index (κ2) is 5.36. The maximum Gasteiger partial charge on any atom is 0.326 e. The van der Waals surface area contributed by atoms with Gasteiger partial charge in [0.15, 0.2) is 0 Å². The molecule has 2 aliphatic rings. The van der Waals surface area contributed by atoms with Gasteiger partial charge in [-0.3, -0.25) is 0 Å². The number of carbonyl (C=O) groups is 2. The Morgan fingerprint density at radius 1 is 1.16 bits per heavy atom. The molecule has 0 saturated carbocycles. The lowest BCUT2D eigenvalue weighted by atomic mass is 9.89. The van der Waals surface area contributed by atoms with Gasteiger partial charge in [-0.15, -0.1) is 0 Å². The van der Waals surface area contributed by atoms with Crippen molar-refractivity contribution in [3.05, 3.63) is 0 Å². The first kappa shape index (κ1) is 14.1. The minimum atomic E-state index is -1.04. The molecular weight excluding hydrogens is 248 g/mol. The number of aliphatic hydroxyl groups excluding tert-OH is 1. The Hall–Kier alpha value is -1.30. The van der Waals surface area contributed by atoms with Crippen LogP contribution in [0.3, 0.4) is 0 Å². The smallest absolute Gasteiger partial charge is 0.326 e. The van der Waals surface area contributed by atoms with Crippen molar-refractivity contribution >= 4 is 12.0 Å². The van der Waals surface area contributed by atoms with E-state index >= 15 is 0 Å². The Labute approximate surface area is 113 Å². The molecule has 6 nitrogen and oxygen atoms in total. The van der Waals surface area contributed by atoms with Crippen LogP contribution in [0.15, 0.2) is 0 Å². The van der Waals surface area contributed by atoms with Crippen molar-refractivity contribution in [1.29, 1.82) is 0 Å². The third kappa shape index (κ3) is 2.83. The molecule has 2 amide bonds. The fraction of sp³-hybridized carbons (Fsp3) is 0.846. The number of amides is 2. The van der Waals surface area contributed by atoms with Crippen molar-refractivity contribution in [3.63, 3.8) is 0 Å². The van der Waals surface area contributed by atoms with Gasteiger partial charge in [-0.25, -0.2) is 9.59 Å². The van der Waals surface area contributed by atoms with Gasteiger partial charge in [0.25, 0.3) is 0 Å². The molecule has 6 heteroatoms. The molecule has 2 heterocycles. The second-order valence-electron chi connectivity index (χ2n) is 5.87. The number of aliphatic hydroxyl groups is 1. The first-order valence-electron chi connectivity index (χ1n) is 6.86. The van der Waals surface area contributed by atoms with Crippen molar-refractivity contribution in [2.75, 3.05) is 19.6 Å². The summed E-state index contributed by atoms with van der Waals surface area (Å²) >= 11 is 0. The Kier molecular flexibility index (Phi) is 3.99. The Bertz CT molecular complexity index is 374. The van der Waals surface area contributed by atoms with E-state index in [0.29, 0.717) is 24.9 Å². The van der Waals surface area contributed by atoms with Crippen LogP contribution in [-0.4, -0.2) is 63.8 Å². The molecule has 0 radical (unpaired) electrons. The Morgan fingerprint density at radius 3 is 2.42 bits per heavy atom. The zero-order valence-electron chi connectivity index (χ0n) is 11.5. The van der Waals surface area contributed by atoms with E-state index in [2.05, 4.69) is 13.8 Å². The largest absolute Gasteiger partial charge is 0.480 e. The molecule has 2 N–H and O–H groups in total. The van der Waals surface area contributed by atoms with E-state index in [1.807, 2.05) is 0 Å². The molecule has 2 rings (SSSR count). The van der Waals surface area contributed by atoms with E-state index in [-0.39, 0.29) is 19.0 Å². The van der Waals surface area contributed by atoms with E-state index in [1.165, 1.54) is 4.90 Å². The molecule has 2 saturated heterocycles. The number of rotatable bonds is 1. The van der Waals surface area contributed by atoms with Gasteiger partial charge in [0.1, 0.15) is 6.04 Å². The highest BCUT2D eigenvalue weighted by molar-refractivity contribution is 5.83. The van der Waals surface area contributed by atoms with E-state index in [0.717, 1.165) is 6.42 Å². The van der Waals surface area contributed by atoms with Crippen molar-refractivity contribution in [2.45, 2.75) is 38.8 Å². The van der Waals surface area contributed by atoms with Crippen LogP contribution in [0.25, 0.3) is 0 Å². The number of carbonyl (C=O) groups excluding carboxylic acids is 1. The first-order valence-corrected chi connectivity index (χ1v) is 6.86. The summed E-state index contributed by atoms with van der Waals surface area (Å²) in [6.45, 7) is 5.74. The van der Waals surface area contributed by atoms with E-state index in [4.69, 9.17) is 5.11 Å². The molecule has 0 aromatic carbocycles. The highest BCUT2D eigenvalue weighted by Gasteiger charge is 2.41. The summed E-state index contributed by atoms with van der Waals surface area (Å²) in [5.41, 5.74) is 0. The van der Waals surface area contributed by atoms with Crippen molar-refractivity contribution in [1.82, 2.24) is 9.80 Å². The van der Waals surface area contributed by atoms with Crippen LogP contribution in [0, 0.1) is 11.8 Å². The number of piperidine rings is 1. The number of carboxylic acid groups (broad SMARTS) is 1. The van der Waals surface area contributed by atoms with Crippen LogP contribution < -0.4 is 0 Å². The Balaban J connectivity index is 2.04. The topological polar surface area (TPSA) is 81.1 Å². The molecule has 4 atom stereocenters. The van der Waals surface area contributed by atoms with Gasteiger partial charge in [-0.2, -0.15) is 0 Å². The molecular formula is C13H22N2O4. The zero-order chi connectivity index (χ0) is 14.2. The second-order valence-corrected chi connectivity index (χ2v) is 5.87. The van der Waals surface area contributed by atoms with E-state index in [9.17, 15) is 14.7 Å². The van der Waals surface area contributed by atoms with Crippen molar-refractivity contribution in [2.24, 2.45) is 11.8 Å². The zero-order valence-corrected chi connectivity index (χ0v) is 11.5. The molecule has 108 valence electrons. The summed E-state index contributed by atoms with van der Waals surface area (Å²) < 4.78 is 0. The van der Waals surface area contributed by atoms with Crippen LogP contribution in [0.1, 0.15) is 26.7 Å². The van der Waals surface area contributed by atoms with Crippen LogP contribution in [0.5, 0.6) is 0 Å². The van der Waals surface area contributed by atoms with Gasteiger partial charge in [0, 0.05) is 26.1 Å². The van der Waals surface area contributed by atoms with Gasteiger partial charge in [0.2, 0.25) is 0 Å². The highest BCUT2D eigenvalue weighted by atomic mass is 16.4. The molecule has 0 aliphatic carbocycles. The summed E-state index contributed by atoms with van der Waals surface area (Å²) in [6, 6.07) is -1.14. The average molecular weight is 270 g/mol. The number of nitrogens with zero attached hydrogens (tertiary/aromatic N) is 2. The van der Waals surface area contributed by atoms with Crippen LogP contribution in [0.4, 0.5) is 4.79 Å². The maximum absolute atomic E-state index is 12.4. The fourth-order valence-corrected chi connectivity index (χ4v) is 2.88. The van der Waals surface area contributed by atoms with Gasteiger partial charge < -0.3 is 20.0 Å². The minimum Gasteiger partial charge on any atom is -0.480 e. The van der Waals surface area contributed by atoms with Crippen LogP contribution in [0.2, 0.25) is 0 Å². The third-order valence-corrected chi connectivity index (χ3v) is 4.41. The van der Waals surface area contributed by atoms with E-state index < -0.39 is 18.1 Å². The van der Waals surface area contributed by atoms with Gasteiger partial charge in [-0.05, 0) is 18.3 Å². The predicted molar refractivity (Wildman–Crippen MR) is 68.7 cm³/mol. The molecule has 0 aromatic heterocycles. The lowest BCUT2D eigenvalue weighted by Gasteiger charge is -2.38. The van der Waals surface area contributed by atoms with Gasteiger partial charge >= 0.3 is 12.0 Å². The highest BCUT2D eigenvalue weighted by Crippen LogP contribution is 2.26. The number of aliphatic carboxylic acids is 1. The summed E-state index contributed by atoms with van der Waals surface area (Å²) in [5, 5.41) is 18.7. The average Bonchev–Trinajstić information content (AvgIpc) is 2.74. The van der Waals surface area contributed by atoms with Crippen LogP contribution in [-0.2, 0) is 4.79 Å². The summed E-state index contributed by atoms with van der Waals surface area (Å²) in [5.74, 6) is -0.0275. The normalized spacial score (nSPS) is 35.5. The summed E-state index contributed by atoms with van der Waals surface area (Å²) in [7, 11) is 0. The SMILES string of the molecule is CC1CCN(C(=O)N2C[C@H](O)C[C@H]2C(=O)O)CC1C. The van der Waals surface area contributed by atoms with Crippen LogP contribution >= 0.6 is 0 Å². The monoisotopic (exact) mass is 270 g/mol. The first-order chi connectivity index (χ1) is 8.90. The lowest BCUT2D eigenvalue weighted by molar-refractivity contribution is -0.141. The molecule has 2 fully saturated rings. The quantitative estimate of drug-likeness (QED) is 0.731. The number of likely N-dealkylation sites (tertiary alicyclic amines) is 2. The molecule has 2 unspecified atom stereocenters. The molecule has 0 spiro atoms. The van der Waals surface area contributed by atoms with Gasteiger partial charge in [-0.1, -0.05) is 13.8 Å². The number of hydrogen-bond acceptors (Lipinski definition) is 3. The Morgan fingerprint density at radius 2 is 1.84 bits per heavy atom.